The fourth-order valence-corrected chi connectivity index (χ4v) is 2.21. The molecule has 3 heteroatoms. The van der Waals surface area contributed by atoms with Gasteiger partial charge in [-0.1, -0.05) is 38.5 Å². The normalized spacial score (nSPS) is 12.3. The highest BCUT2D eigenvalue weighted by atomic mass is 16.1. The Hall–Kier alpha value is -1.90. The summed E-state index contributed by atoms with van der Waals surface area (Å²) in [6.45, 7) is 6.42. The summed E-state index contributed by atoms with van der Waals surface area (Å²) in [6.07, 6.45) is 7.02. The number of hydrogen-bond donors (Lipinski definition) is 1. The number of nitrogens with zero attached hydrogens (tertiary/aromatic N) is 1. The standard InChI is InChI=1S/C17H21N2O/c1-4-12(2)10-14-7-5-6-13(3)15(14)11-16(20)17-18-8-9-19-17/h5-10,12H,4,11H2,1-3H3,(H,18,19). The molecule has 2 aromatic rings. The Balaban J connectivity index is 2.23. The van der Waals surface area contributed by atoms with Crippen molar-refractivity contribution in [2.24, 2.45) is 5.92 Å². The summed E-state index contributed by atoms with van der Waals surface area (Å²) in [7, 11) is 0. The summed E-state index contributed by atoms with van der Waals surface area (Å²) in [6, 6.07) is 6.19. The van der Waals surface area contributed by atoms with E-state index in [0.29, 0.717) is 18.2 Å². The van der Waals surface area contributed by atoms with Gasteiger partial charge in [-0.3, -0.25) is 4.79 Å². The lowest BCUT2D eigenvalue weighted by atomic mass is 9.90. The number of H-pyrrole nitrogens is 1. The number of aromatic amines is 1. The van der Waals surface area contributed by atoms with Crippen LogP contribution in [-0.4, -0.2) is 15.8 Å². The van der Waals surface area contributed by atoms with Crippen molar-refractivity contribution in [1.29, 1.82) is 0 Å². The molecule has 0 aliphatic rings. The summed E-state index contributed by atoms with van der Waals surface area (Å²) in [5.41, 5.74) is 3.43. The second-order valence-electron chi connectivity index (χ2n) is 5.23. The van der Waals surface area contributed by atoms with Crippen LogP contribution in [0.5, 0.6) is 0 Å². The van der Waals surface area contributed by atoms with Gasteiger partial charge in [-0.05, 0) is 36.0 Å². The predicted octanol–water partition coefficient (Wildman–Crippen LogP) is 3.74. The van der Waals surface area contributed by atoms with Crippen LogP contribution in [0.1, 0.15) is 47.6 Å². The van der Waals surface area contributed by atoms with Gasteiger partial charge in [0, 0.05) is 18.8 Å². The number of aryl methyl sites for hydroxylation is 1. The number of carbonyl (C=O) groups is 1. The molecule has 1 N–H and O–H groups in total. The predicted molar refractivity (Wildman–Crippen MR) is 80.7 cm³/mol. The Morgan fingerprint density at radius 2 is 2.25 bits per heavy atom. The number of carbonyl (C=O) groups excluding carboxylic acids is 1. The van der Waals surface area contributed by atoms with Gasteiger partial charge in [0.1, 0.15) is 0 Å². The Kier molecular flexibility index (Phi) is 4.72. The number of rotatable bonds is 6. The molecular weight excluding hydrogens is 248 g/mol. The zero-order valence-corrected chi connectivity index (χ0v) is 12.3. The van der Waals surface area contributed by atoms with Crippen LogP contribution in [0.25, 0.3) is 0 Å². The minimum absolute atomic E-state index is 0.0306. The molecule has 1 radical (unpaired) electrons. The van der Waals surface area contributed by atoms with Crippen molar-refractivity contribution >= 4 is 5.78 Å². The molecule has 0 fully saturated rings. The van der Waals surface area contributed by atoms with E-state index in [9.17, 15) is 4.79 Å². The number of hydrogen-bond acceptors (Lipinski definition) is 2. The smallest absolute Gasteiger partial charge is 0.202 e. The fraction of sp³-hybridized carbons (Fsp3) is 0.353. The first kappa shape index (κ1) is 14.5. The molecule has 2 rings (SSSR count). The van der Waals surface area contributed by atoms with Gasteiger partial charge in [0.05, 0.1) is 0 Å². The van der Waals surface area contributed by atoms with Crippen LogP contribution in [0.3, 0.4) is 0 Å². The lowest BCUT2D eigenvalue weighted by Gasteiger charge is -2.14. The van der Waals surface area contributed by atoms with E-state index in [2.05, 4.69) is 49.3 Å². The molecule has 0 spiro atoms. The second-order valence-corrected chi connectivity index (χ2v) is 5.23. The van der Waals surface area contributed by atoms with Crippen molar-refractivity contribution in [2.45, 2.75) is 33.6 Å². The molecule has 20 heavy (non-hydrogen) atoms. The zero-order valence-electron chi connectivity index (χ0n) is 12.3. The summed E-state index contributed by atoms with van der Waals surface area (Å²) >= 11 is 0. The van der Waals surface area contributed by atoms with Crippen LogP contribution in [0, 0.1) is 19.3 Å². The van der Waals surface area contributed by atoms with Gasteiger partial charge in [-0.15, -0.1) is 0 Å². The molecule has 0 amide bonds. The molecule has 3 nitrogen and oxygen atoms in total. The molecule has 1 aromatic carbocycles. The van der Waals surface area contributed by atoms with Crippen LogP contribution >= 0.6 is 0 Å². The lowest BCUT2D eigenvalue weighted by Crippen LogP contribution is -2.10. The fourth-order valence-electron chi connectivity index (χ4n) is 2.21. The molecule has 0 saturated heterocycles. The molecule has 0 aliphatic heterocycles. The third-order valence-corrected chi connectivity index (χ3v) is 3.65. The van der Waals surface area contributed by atoms with Crippen LogP contribution in [0.4, 0.5) is 0 Å². The van der Waals surface area contributed by atoms with Gasteiger partial charge in [0.2, 0.25) is 5.78 Å². The van der Waals surface area contributed by atoms with Crippen molar-refractivity contribution in [2.75, 3.05) is 0 Å². The molecule has 1 aromatic heterocycles. The van der Waals surface area contributed by atoms with Crippen LogP contribution < -0.4 is 0 Å². The largest absolute Gasteiger partial charge is 0.342 e. The first-order valence-corrected chi connectivity index (χ1v) is 7.07. The van der Waals surface area contributed by atoms with Crippen LogP contribution in [0.15, 0.2) is 30.6 Å². The average Bonchev–Trinajstić information content (AvgIpc) is 2.96. The molecule has 0 aliphatic carbocycles. The van der Waals surface area contributed by atoms with E-state index in [0.717, 1.165) is 17.5 Å². The molecule has 105 valence electrons. The second kappa shape index (κ2) is 6.51. The summed E-state index contributed by atoms with van der Waals surface area (Å²) in [5, 5.41) is 0. The zero-order chi connectivity index (χ0) is 14.5. The maximum absolute atomic E-state index is 12.2. The Morgan fingerprint density at radius 1 is 1.45 bits per heavy atom. The average molecular weight is 269 g/mol. The van der Waals surface area contributed by atoms with E-state index in [1.165, 1.54) is 5.56 Å². The molecule has 1 heterocycles. The minimum Gasteiger partial charge on any atom is -0.342 e. The van der Waals surface area contributed by atoms with E-state index >= 15 is 0 Å². The van der Waals surface area contributed by atoms with Gasteiger partial charge in [0.25, 0.3) is 0 Å². The number of benzene rings is 1. The van der Waals surface area contributed by atoms with E-state index in [1.807, 2.05) is 6.07 Å². The molecule has 0 saturated carbocycles. The number of nitrogens with one attached hydrogen (secondary N) is 1. The monoisotopic (exact) mass is 269 g/mol. The topological polar surface area (TPSA) is 45.8 Å². The Morgan fingerprint density at radius 3 is 2.90 bits per heavy atom. The molecule has 1 unspecified atom stereocenters. The van der Waals surface area contributed by atoms with Crippen molar-refractivity contribution in [3.63, 3.8) is 0 Å². The summed E-state index contributed by atoms with van der Waals surface area (Å²) < 4.78 is 0. The highest BCUT2D eigenvalue weighted by Crippen LogP contribution is 2.22. The quantitative estimate of drug-likeness (QED) is 0.812. The number of imidazole rings is 1. The van der Waals surface area contributed by atoms with E-state index in [-0.39, 0.29) is 5.78 Å². The number of ketones is 1. The molecular formula is C17H21N2O. The van der Waals surface area contributed by atoms with Gasteiger partial charge in [-0.2, -0.15) is 0 Å². The molecule has 1 atom stereocenters. The van der Waals surface area contributed by atoms with Crippen molar-refractivity contribution in [3.05, 3.63) is 59.5 Å². The third kappa shape index (κ3) is 3.35. The first-order chi connectivity index (χ1) is 9.61. The van der Waals surface area contributed by atoms with Crippen molar-refractivity contribution < 1.29 is 4.79 Å². The highest BCUT2D eigenvalue weighted by Gasteiger charge is 2.15. The van der Waals surface area contributed by atoms with Gasteiger partial charge in [-0.25, -0.2) is 4.98 Å². The number of Topliss-reactive ketones (excluding diaryl/α,β-unsaturated/α-hetero) is 1. The SMILES string of the molecule is CCC(C)[CH]c1cccc(C)c1CC(=O)c1ncc[nH]1. The maximum Gasteiger partial charge on any atom is 0.202 e. The highest BCUT2D eigenvalue weighted by molar-refractivity contribution is 5.94. The number of aromatic nitrogens is 2. The summed E-state index contributed by atoms with van der Waals surface area (Å²) in [5.74, 6) is 0.972. The lowest BCUT2D eigenvalue weighted by molar-refractivity contribution is 0.0983. The first-order valence-electron chi connectivity index (χ1n) is 7.07. The van der Waals surface area contributed by atoms with Gasteiger partial charge in [0.15, 0.2) is 5.82 Å². The third-order valence-electron chi connectivity index (χ3n) is 3.65. The van der Waals surface area contributed by atoms with Gasteiger partial charge >= 0.3 is 0 Å². The Labute approximate surface area is 120 Å². The van der Waals surface area contributed by atoms with E-state index in [1.54, 1.807) is 12.4 Å². The van der Waals surface area contributed by atoms with E-state index < -0.39 is 0 Å². The summed E-state index contributed by atoms with van der Waals surface area (Å²) in [4.78, 5) is 19.1. The maximum atomic E-state index is 12.2. The van der Waals surface area contributed by atoms with Gasteiger partial charge < -0.3 is 4.98 Å². The van der Waals surface area contributed by atoms with E-state index in [4.69, 9.17) is 0 Å². The minimum atomic E-state index is 0.0306. The molecule has 0 bridgehead atoms. The van der Waals surface area contributed by atoms with Crippen LogP contribution in [-0.2, 0) is 6.42 Å². The van der Waals surface area contributed by atoms with Crippen molar-refractivity contribution in [1.82, 2.24) is 9.97 Å². The van der Waals surface area contributed by atoms with Crippen molar-refractivity contribution in [3.8, 4) is 0 Å². The van der Waals surface area contributed by atoms with Crippen LogP contribution in [0.2, 0.25) is 0 Å². The Bertz CT molecular complexity index is 573.